The molecule has 1 heterocycles. The molecule has 148 valence electrons. The normalized spacial score (nSPS) is 11.5. The van der Waals surface area contributed by atoms with Gasteiger partial charge in [0.1, 0.15) is 0 Å². The molecule has 4 heteroatoms. The molecule has 3 aromatic rings. The lowest BCUT2D eigenvalue weighted by molar-refractivity contribution is 0.232. The van der Waals surface area contributed by atoms with Crippen LogP contribution in [0.5, 0.6) is 0 Å². The Morgan fingerprint density at radius 1 is 1.04 bits per heavy atom. The van der Waals surface area contributed by atoms with Gasteiger partial charge in [0.05, 0.1) is 5.52 Å². The predicted octanol–water partition coefficient (Wildman–Crippen LogP) is 6.24. The minimum atomic E-state index is 0.678. The second-order valence-corrected chi connectivity index (χ2v) is 8.20. The van der Waals surface area contributed by atoms with Crippen LogP contribution < -0.4 is 5.32 Å². The summed E-state index contributed by atoms with van der Waals surface area (Å²) in [5.41, 5.74) is 3.46. The monoisotopic (exact) mass is 395 g/mol. The van der Waals surface area contributed by atoms with Crippen molar-refractivity contribution in [3.63, 3.8) is 0 Å². The van der Waals surface area contributed by atoms with E-state index in [0.717, 1.165) is 54.2 Å². The van der Waals surface area contributed by atoms with Crippen LogP contribution >= 0.6 is 11.6 Å². The molecule has 0 saturated carbocycles. The number of pyridine rings is 1. The number of hydrogen-bond donors (Lipinski definition) is 1. The summed E-state index contributed by atoms with van der Waals surface area (Å²) in [5.74, 6) is 0.678. The van der Waals surface area contributed by atoms with Gasteiger partial charge in [-0.3, -0.25) is 9.88 Å². The second-order valence-electron chi connectivity index (χ2n) is 7.77. The molecule has 1 N–H and O–H groups in total. The number of fused-ring (bicyclic) bond motifs is 1. The number of aromatic nitrogens is 1. The van der Waals surface area contributed by atoms with Crippen molar-refractivity contribution in [1.29, 1.82) is 0 Å². The Kier molecular flexibility index (Phi) is 7.70. The fourth-order valence-electron chi connectivity index (χ4n) is 3.55. The first-order chi connectivity index (χ1) is 13.6. The number of halogens is 1. The molecule has 0 atom stereocenters. The zero-order valence-electron chi connectivity index (χ0n) is 16.9. The van der Waals surface area contributed by atoms with Crippen molar-refractivity contribution < 1.29 is 0 Å². The standard InChI is InChI=1S/C24H30ClN3/c1-19(2)17-28(18-20-8-4-3-5-9-20)15-7-6-13-26-23-12-14-27-24-16-21(25)10-11-22(23)24/h3-5,8-12,14,16,19H,6-7,13,15,17-18H2,1-2H3,(H,26,27). The fourth-order valence-corrected chi connectivity index (χ4v) is 3.72. The van der Waals surface area contributed by atoms with Gasteiger partial charge in [-0.05, 0) is 55.1 Å². The average molecular weight is 396 g/mol. The summed E-state index contributed by atoms with van der Waals surface area (Å²) in [4.78, 5) is 6.98. The molecule has 2 aromatic carbocycles. The van der Waals surface area contributed by atoms with Crippen LogP contribution in [-0.4, -0.2) is 29.5 Å². The molecule has 0 aliphatic rings. The van der Waals surface area contributed by atoms with Gasteiger partial charge in [-0.25, -0.2) is 0 Å². The SMILES string of the molecule is CC(C)CN(CCCCNc1ccnc2cc(Cl)ccc12)Cc1ccccc1. The molecule has 0 spiro atoms. The first-order valence-electron chi connectivity index (χ1n) is 10.2. The van der Waals surface area contributed by atoms with Gasteiger partial charge >= 0.3 is 0 Å². The van der Waals surface area contributed by atoms with Crippen LogP contribution in [0.1, 0.15) is 32.3 Å². The van der Waals surface area contributed by atoms with E-state index in [4.69, 9.17) is 11.6 Å². The van der Waals surface area contributed by atoms with Gasteiger partial charge in [0.15, 0.2) is 0 Å². The molecular formula is C24H30ClN3. The minimum absolute atomic E-state index is 0.678. The van der Waals surface area contributed by atoms with Crippen molar-refractivity contribution >= 4 is 28.2 Å². The molecule has 0 radical (unpaired) electrons. The average Bonchev–Trinajstić information content (AvgIpc) is 2.67. The van der Waals surface area contributed by atoms with E-state index >= 15 is 0 Å². The van der Waals surface area contributed by atoms with Crippen molar-refractivity contribution in [3.8, 4) is 0 Å². The van der Waals surface area contributed by atoms with Crippen LogP contribution in [0.2, 0.25) is 5.02 Å². The number of hydrogen-bond acceptors (Lipinski definition) is 3. The number of rotatable bonds is 10. The van der Waals surface area contributed by atoms with Gasteiger partial charge in [0.2, 0.25) is 0 Å². The Morgan fingerprint density at radius 2 is 1.86 bits per heavy atom. The summed E-state index contributed by atoms with van der Waals surface area (Å²) in [7, 11) is 0. The number of nitrogens with zero attached hydrogens (tertiary/aromatic N) is 2. The lowest BCUT2D eigenvalue weighted by Gasteiger charge is -2.24. The van der Waals surface area contributed by atoms with Gasteiger partial charge in [-0.15, -0.1) is 0 Å². The maximum Gasteiger partial charge on any atom is 0.0737 e. The molecule has 3 rings (SSSR count). The van der Waals surface area contributed by atoms with Gasteiger partial charge in [0, 0.05) is 41.9 Å². The van der Waals surface area contributed by atoms with Crippen LogP contribution in [0.4, 0.5) is 5.69 Å². The van der Waals surface area contributed by atoms with Gasteiger partial charge in [-0.1, -0.05) is 55.8 Å². The first kappa shape index (κ1) is 20.6. The van der Waals surface area contributed by atoms with Crippen LogP contribution in [0.3, 0.4) is 0 Å². The zero-order chi connectivity index (χ0) is 19.8. The summed E-state index contributed by atoms with van der Waals surface area (Å²) in [6, 6.07) is 18.7. The maximum atomic E-state index is 6.08. The number of unbranched alkanes of at least 4 members (excludes halogenated alkanes) is 1. The third-order valence-corrected chi connectivity index (χ3v) is 5.03. The predicted molar refractivity (Wildman–Crippen MR) is 121 cm³/mol. The van der Waals surface area contributed by atoms with E-state index in [-0.39, 0.29) is 0 Å². The molecule has 0 aliphatic carbocycles. The highest BCUT2D eigenvalue weighted by Gasteiger charge is 2.08. The molecular weight excluding hydrogens is 366 g/mol. The quantitative estimate of drug-likeness (QED) is 0.412. The highest BCUT2D eigenvalue weighted by atomic mass is 35.5. The van der Waals surface area contributed by atoms with E-state index in [9.17, 15) is 0 Å². The Balaban J connectivity index is 1.48. The Hall–Kier alpha value is -2.10. The van der Waals surface area contributed by atoms with Crippen molar-refractivity contribution in [2.45, 2.75) is 33.2 Å². The van der Waals surface area contributed by atoms with Gasteiger partial charge < -0.3 is 5.32 Å². The molecule has 0 aliphatic heterocycles. The summed E-state index contributed by atoms with van der Waals surface area (Å²) >= 11 is 6.08. The fraction of sp³-hybridized carbons (Fsp3) is 0.375. The lowest BCUT2D eigenvalue weighted by Crippen LogP contribution is -2.28. The Bertz CT molecular complexity index is 864. The number of benzene rings is 2. The third-order valence-electron chi connectivity index (χ3n) is 4.79. The molecule has 0 fully saturated rings. The summed E-state index contributed by atoms with van der Waals surface area (Å²) < 4.78 is 0. The van der Waals surface area contributed by atoms with E-state index in [1.807, 2.05) is 30.5 Å². The highest BCUT2D eigenvalue weighted by molar-refractivity contribution is 6.31. The third kappa shape index (κ3) is 6.22. The molecule has 3 nitrogen and oxygen atoms in total. The van der Waals surface area contributed by atoms with Crippen LogP contribution in [-0.2, 0) is 6.54 Å². The van der Waals surface area contributed by atoms with E-state index in [0.29, 0.717) is 5.92 Å². The van der Waals surface area contributed by atoms with Crippen molar-refractivity contribution in [3.05, 3.63) is 71.4 Å². The smallest absolute Gasteiger partial charge is 0.0737 e. The minimum Gasteiger partial charge on any atom is -0.384 e. The summed E-state index contributed by atoms with van der Waals surface area (Å²) in [6.45, 7) is 8.84. The van der Waals surface area contributed by atoms with Crippen LogP contribution in [0.25, 0.3) is 10.9 Å². The summed E-state index contributed by atoms with van der Waals surface area (Å²) in [5, 5.41) is 5.42. The van der Waals surface area contributed by atoms with Crippen molar-refractivity contribution in [1.82, 2.24) is 9.88 Å². The highest BCUT2D eigenvalue weighted by Crippen LogP contribution is 2.24. The van der Waals surface area contributed by atoms with E-state index in [2.05, 4.69) is 59.4 Å². The Morgan fingerprint density at radius 3 is 2.64 bits per heavy atom. The van der Waals surface area contributed by atoms with E-state index in [1.165, 1.54) is 12.0 Å². The molecule has 1 aromatic heterocycles. The molecule has 0 unspecified atom stereocenters. The molecule has 0 bridgehead atoms. The Labute approximate surface area is 173 Å². The second kappa shape index (κ2) is 10.4. The van der Waals surface area contributed by atoms with E-state index in [1.54, 1.807) is 0 Å². The number of nitrogens with one attached hydrogen (secondary N) is 1. The maximum absolute atomic E-state index is 6.08. The molecule has 0 amide bonds. The largest absolute Gasteiger partial charge is 0.384 e. The van der Waals surface area contributed by atoms with Crippen molar-refractivity contribution in [2.24, 2.45) is 5.92 Å². The van der Waals surface area contributed by atoms with Crippen molar-refractivity contribution in [2.75, 3.05) is 25.0 Å². The van der Waals surface area contributed by atoms with Gasteiger partial charge in [0.25, 0.3) is 0 Å². The first-order valence-corrected chi connectivity index (χ1v) is 10.5. The summed E-state index contributed by atoms with van der Waals surface area (Å²) in [6.07, 6.45) is 4.16. The molecule has 28 heavy (non-hydrogen) atoms. The van der Waals surface area contributed by atoms with Gasteiger partial charge in [-0.2, -0.15) is 0 Å². The van der Waals surface area contributed by atoms with Crippen LogP contribution in [0, 0.1) is 5.92 Å². The van der Waals surface area contributed by atoms with Crippen LogP contribution in [0.15, 0.2) is 60.8 Å². The zero-order valence-corrected chi connectivity index (χ0v) is 17.6. The van der Waals surface area contributed by atoms with E-state index < -0.39 is 0 Å². The number of anilines is 1. The topological polar surface area (TPSA) is 28.2 Å². The lowest BCUT2D eigenvalue weighted by atomic mass is 10.1. The molecule has 0 saturated heterocycles.